The van der Waals surface area contributed by atoms with Crippen LogP contribution in [0.1, 0.15) is 17.6 Å². The first-order valence-electron chi connectivity index (χ1n) is 4.57. The van der Waals surface area contributed by atoms with Crippen LogP contribution in [0.25, 0.3) is 0 Å². The molecule has 0 atom stereocenters. The molecule has 0 saturated heterocycles. The second kappa shape index (κ2) is 5.90. The van der Waals surface area contributed by atoms with Gasteiger partial charge in [0.15, 0.2) is 0 Å². The molecule has 0 radical (unpaired) electrons. The third-order valence-corrected chi connectivity index (χ3v) is 2.67. The summed E-state index contributed by atoms with van der Waals surface area (Å²) in [5.74, 6) is -0.431. The highest BCUT2D eigenvalue weighted by Gasteiger charge is 2.19. The van der Waals surface area contributed by atoms with Crippen molar-refractivity contribution in [2.45, 2.75) is 12.8 Å². The molecule has 0 spiro atoms. The van der Waals surface area contributed by atoms with Crippen molar-refractivity contribution in [3.63, 3.8) is 0 Å². The van der Waals surface area contributed by atoms with Gasteiger partial charge in [-0.25, -0.2) is 13.8 Å². The van der Waals surface area contributed by atoms with E-state index in [1.807, 2.05) is 0 Å². The van der Waals surface area contributed by atoms with Crippen molar-refractivity contribution >= 4 is 21.9 Å². The van der Waals surface area contributed by atoms with Gasteiger partial charge in [0.1, 0.15) is 4.60 Å². The Hall–Kier alpha value is -1.24. The Labute approximate surface area is 105 Å². The molecule has 1 aromatic rings. The lowest BCUT2D eigenvalue weighted by molar-refractivity contribution is -0.139. The Morgan fingerprint density at radius 2 is 2.18 bits per heavy atom. The molecule has 0 aliphatic rings. The molecule has 0 amide bonds. The van der Waals surface area contributed by atoms with Gasteiger partial charge in [-0.3, -0.25) is 4.79 Å². The number of esters is 1. The van der Waals surface area contributed by atoms with Crippen LogP contribution >= 0.6 is 15.9 Å². The van der Waals surface area contributed by atoms with Crippen LogP contribution < -0.4 is 4.74 Å². The maximum absolute atomic E-state index is 12.6. The maximum Gasteiger partial charge on any atom is 0.310 e. The number of alkyl halides is 2. The molecule has 0 unspecified atom stereocenters. The lowest BCUT2D eigenvalue weighted by atomic mass is 10.1. The predicted molar refractivity (Wildman–Crippen MR) is 59.2 cm³/mol. The average Bonchev–Trinajstić information content (AvgIpc) is 2.30. The maximum atomic E-state index is 12.6. The van der Waals surface area contributed by atoms with Crippen LogP contribution in [0.15, 0.2) is 10.7 Å². The summed E-state index contributed by atoms with van der Waals surface area (Å²) < 4.78 is 34.6. The highest BCUT2D eigenvalue weighted by atomic mass is 79.9. The number of nitrogens with zero attached hydrogens (tertiary/aromatic N) is 1. The van der Waals surface area contributed by atoms with E-state index in [0.717, 1.165) is 0 Å². The Morgan fingerprint density at radius 3 is 2.65 bits per heavy atom. The molecule has 0 aliphatic heterocycles. The number of aromatic nitrogens is 1. The van der Waals surface area contributed by atoms with Crippen molar-refractivity contribution < 1.29 is 23.0 Å². The zero-order chi connectivity index (χ0) is 13.0. The number of carbonyl (C=O) groups excluding carboxylic acids is 1. The SMILES string of the molecule is COC(=O)Cc1cc(C(F)F)c(Br)nc1OC. The summed E-state index contributed by atoms with van der Waals surface area (Å²) >= 11 is 2.92. The first kappa shape index (κ1) is 13.8. The lowest BCUT2D eigenvalue weighted by Gasteiger charge is -2.10. The van der Waals surface area contributed by atoms with E-state index in [4.69, 9.17) is 4.74 Å². The molecule has 4 nitrogen and oxygen atoms in total. The number of pyridine rings is 1. The van der Waals surface area contributed by atoms with E-state index < -0.39 is 12.4 Å². The largest absolute Gasteiger partial charge is 0.481 e. The van der Waals surface area contributed by atoms with E-state index in [1.165, 1.54) is 20.3 Å². The standard InChI is InChI=1S/C10H10BrF2NO3/c1-16-7(15)4-5-3-6(9(12)13)8(11)14-10(5)17-2/h3,9H,4H2,1-2H3. The van der Waals surface area contributed by atoms with Crippen LogP contribution in [0.5, 0.6) is 5.88 Å². The zero-order valence-electron chi connectivity index (χ0n) is 9.17. The number of ether oxygens (including phenoxy) is 2. The summed E-state index contributed by atoms with van der Waals surface area (Å²) in [7, 11) is 2.56. The summed E-state index contributed by atoms with van der Waals surface area (Å²) in [6.45, 7) is 0. The van der Waals surface area contributed by atoms with E-state index >= 15 is 0 Å². The Morgan fingerprint density at radius 1 is 1.53 bits per heavy atom. The average molecular weight is 310 g/mol. The number of hydrogen-bond acceptors (Lipinski definition) is 4. The molecule has 0 N–H and O–H groups in total. The van der Waals surface area contributed by atoms with E-state index in [0.29, 0.717) is 0 Å². The van der Waals surface area contributed by atoms with Crippen molar-refractivity contribution in [2.24, 2.45) is 0 Å². The molecule has 0 aromatic carbocycles. The second-order valence-corrected chi connectivity index (χ2v) is 3.84. The van der Waals surface area contributed by atoms with Crippen LogP contribution in [0.4, 0.5) is 8.78 Å². The van der Waals surface area contributed by atoms with Gasteiger partial charge in [0.2, 0.25) is 5.88 Å². The topological polar surface area (TPSA) is 48.4 Å². The fourth-order valence-corrected chi connectivity index (χ4v) is 1.67. The van der Waals surface area contributed by atoms with Crippen LogP contribution in [-0.4, -0.2) is 25.2 Å². The number of halogens is 3. The number of carbonyl (C=O) groups is 1. The van der Waals surface area contributed by atoms with Gasteiger partial charge < -0.3 is 9.47 Å². The highest BCUT2D eigenvalue weighted by molar-refractivity contribution is 9.10. The molecule has 94 valence electrons. The first-order chi connectivity index (χ1) is 7.99. The third kappa shape index (κ3) is 3.36. The van der Waals surface area contributed by atoms with Crippen molar-refractivity contribution in [1.82, 2.24) is 4.98 Å². The molecule has 0 bridgehead atoms. The fraction of sp³-hybridized carbons (Fsp3) is 0.400. The Kier molecular flexibility index (Phi) is 4.80. The minimum absolute atomic E-state index is 0.00188. The molecular formula is C10H10BrF2NO3. The number of hydrogen-bond donors (Lipinski definition) is 0. The van der Waals surface area contributed by atoms with Gasteiger partial charge in [0.05, 0.1) is 26.2 Å². The Bertz CT molecular complexity index is 426. The smallest absolute Gasteiger partial charge is 0.310 e. The van der Waals surface area contributed by atoms with Gasteiger partial charge >= 0.3 is 5.97 Å². The summed E-state index contributed by atoms with van der Waals surface area (Å²) in [6, 6.07) is 1.18. The zero-order valence-corrected chi connectivity index (χ0v) is 10.8. The highest BCUT2D eigenvalue weighted by Crippen LogP contribution is 2.30. The summed E-state index contributed by atoms with van der Waals surface area (Å²) in [5, 5.41) is 0. The Balaban J connectivity index is 3.16. The normalized spacial score (nSPS) is 10.5. The van der Waals surface area contributed by atoms with Crippen LogP contribution in [0.3, 0.4) is 0 Å². The van der Waals surface area contributed by atoms with Gasteiger partial charge in [-0.2, -0.15) is 0 Å². The van der Waals surface area contributed by atoms with Gasteiger partial charge in [-0.1, -0.05) is 0 Å². The molecule has 0 saturated carbocycles. The van der Waals surface area contributed by atoms with Gasteiger partial charge in [0.25, 0.3) is 6.43 Å². The van der Waals surface area contributed by atoms with Crippen molar-refractivity contribution in [3.8, 4) is 5.88 Å². The van der Waals surface area contributed by atoms with Crippen molar-refractivity contribution in [3.05, 3.63) is 21.8 Å². The number of methoxy groups -OCH3 is 2. The van der Waals surface area contributed by atoms with E-state index in [2.05, 4.69) is 25.7 Å². The molecule has 7 heteroatoms. The minimum Gasteiger partial charge on any atom is -0.481 e. The van der Waals surface area contributed by atoms with Gasteiger partial charge in [-0.05, 0) is 22.0 Å². The second-order valence-electron chi connectivity index (χ2n) is 3.09. The van der Waals surface area contributed by atoms with Crippen LogP contribution in [-0.2, 0) is 16.0 Å². The van der Waals surface area contributed by atoms with Crippen molar-refractivity contribution in [2.75, 3.05) is 14.2 Å². The number of rotatable bonds is 4. The molecular weight excluding hydrogens is 300 g/mol. The summed E-state index contributed by atoms with van der Waals surface area (Å²) in [4.78, 5) is 14.9. The molecule has 1 aromatic heterocycles. The van der Waals surface area contributed by atoms with E-state index in [1.54, 1.807) is 0 Å². The third-order valence-electron chi connectivity index (χ3n) is 2.03. The molecule has 1 heterocycles. The lowest BCUT2D eigenvalue weighted by Crippen LogP contribution is -2.08. The summed E-state index contributed by atoms with van der Waals surface area (Å²) in [5.41, 5.74) is -0.0254. The predicted octanol–water partition coefficient (Wildman–Crippen LogP) is 2.51. The first-order valence-corrected chi connectivity index (χ1v) is 5.37. The van der Waals surface area contributed by atoms with Gasteiger partial charge in [0, 0.05) is 5.56 Å². The van der Waals surface area contributed by atoms with Gasteiger partial charge in [-0.15, -0.1) is 0 Å². The summed E-state index contributed by atoms with van der Waals surface area (Å²) in [6.07, 6.45) is -2.85. The monoisotopic (exact) mass is 309 g/mol. The molecule has 1 rings (SSSR count). The quantitative estimate of drug-likeness (QED) is 0.633. The van der Waals surface area contributed by atoms with Crippen LogP contribution in [0, 0.1) is 0 Å². The fourth-order valence-electron chi connectivity index (χ4n) is 1.22. The molecule has 0 fully saturated rings. The van der Waals surface area contributed by atoms with Crippen molar-refractivity contribution in [1.29, 1.82) is 0 Å². The van der Waals surface area contributed by atoms with E-state index in [-0.39, 0.29) is 28.0 Å². The van der Waals surface area contributed by atoms with Crippen LogP contribution in [0.2, 0.25) is 0 Å². The minimum atomic E-state index is -2.68. The van der Waals surface area contributed by atoms with E-state index in [9.17, 15) is 13.6 Å². The molecule has 17 heavy (non-hydrogen) atoms. The molecule has 0 aliphatic carbocycles.